The summed E-state index contributed by atoms with van der Waals surface area (Å²) in [5.74, 6) is -3.18. The summed E-state index contributed by atoms with van der Waals surface area (Å²) in [6, 6.07) is 6.04. The number of fused-ring (bicyclic) bond motifs is 1. The molecule has 4 nitrogen and oxygen atoms in total. The third-order valence-electron chi connectivity index (χ3n) is 3.18. The number of halogens is 3. The highest BCUT2D eigenvalue weighted by atomic mass is 79.9. The number of nitrogen functional groups attached to an aromatic ring is 1. The Hall–Kier alpha value is -2.28. The van der Waals surface area contributed by atoms with Crippen molar-refractivity contribution in [3.8, 4) is 0 Å². The molecular weight excluding hydrogens is 346 g/mol. The first-order valence-electron chi connectivity index (χ1n) is 5.83. The average molecular weight is 353 g/mol. The van der Waals surface area contributed by atoms with E-state index in [1.54, 1.807) is 0 Å². The molecule has 2 aromatic carbocycles. The lowest BCUT2D eigenvalue weighted by Gasteiger charge is -2.15. The molecule has 2 aromatic rings. The fourth-order valence-corrected chi connectivity index (χ4v) is 2.53. The highest BCUT2D eigenvalue weighted by Crippen LogP contribution is 2.34. The van der Waals surface area contributed by atoms with E-state index in [0.717, 1.165) is 12.1 Å². The minimum Gasteiger partial charge on any atom is -0.398 e. The van der Waals surface area contributed by atoms with E-state index in [1.165, 1.54) is 18.2 Å². The van der Waals surface area contributed by atoms with Gasteiger partial charge in [-0.1, -0.05) is 6.07 Å². The quantitative estimate of drug-likeness (QED) is 0.487. The van der Waals surface area contributed by atoms with Gasteiger partial charge in [0, 0.05) is 11.8 Å². The number of anilines is 2. The van der Waals surface area contributed by atoms with Crippen LogP contribution in [0.1, 0.15) is 20.7 Å². The van der Waals surface area contributed by atoms with Gasteiger partial charge in [0.15, 0.2) is 0 Å². The van der Waals surface area contributed by atoms with E-state index >= 15 is 0 Å². The second kappa shape index (κ2) is 4.63. The van der Waals surface area contributed by atoms with Crippen LogP contribution in [-0.4, -0.2) is 11.8 Å². The van der Waals surface area contributed by atoms with E-state index in [-0.39, 0.29) is 21.3 Å². The van der Waals surface area contributed by atoms with Crippen LogP contribution in [0.3, 0.4) is 0 Å². The lowest BCUT2D eigenvalue weighted by atomic mass is 10.1. The van der Waals surface area contributed by atoms with Crippen molar-refractivity contribution in [1.82, 2.24) is 0 Å². The Morgan fingerprint density at radius 1 is 1.05 bits per heavy atom. The van der Waals surface area contributed by atoms with Gasteiger partial charge in [0.1, 0.15) is 11.6 Å². The van der Waals surface area contributed by atoms with E-state index in [0.29, 0.717) is 4.90 Å². The molecule has 0 bridgehead atoms. The predicted octanol–water partition coefficient (Wildman–Crippen LogP) is 3.11. The molecule has 0 unspecified atom stereocenters. The molecule has 0 atom stereocenters. The van der Waals surface area contributed by atoms with Gasteiger partial charge in [0.05, 0.1) is 21.3 Å². The molecule has 1 aliphatic heterocycles. The lowest BCUT2D eigenvalue weighted by molar-refractivity contribution is 0.0925. The Balaban J connectivity index is 2.19. The smallest absolute Gasteiger partial charge is 0.268 e. The molecule has 1 aliphatic rings. The molecule has 0 saturated carbocycles. The van der Waals surface area contributed by atoms with Crippen molar-refractivity contribution in [2.75, 3.05) is 10.6 Å². The Morgan fingerprint density at radius 2 is 1.76 bits per heavy atom. The SMILES string of the molecule is Nc1cccc2c1C(=O)N(c1cc(F)c(Br)cc1F)C2=O. The van der Waals surface area contributed by atoms with E-state index in [4.69, 9.17) is 5.73 Å². The van der Waals surface area contributed by atoms with Crippen molar-refractivity contribution in [3.63, 3.8) is 0 Å². The summed E-state index contributed by atoms with van der Waals surface area (Å²) >= 11 is 2.84. The summed E-state index contributed by atoms with van der Waals surface area (Å²) < 4.78 is 27.5. The topological polar surface area (TPSA) is 63.4 Å². The number of imide groups is 1. The maximum atomic E-state index is 14.0. The number of carbonyl (C=O) groups excluding carboxylic acids is 2. The third-order valence-corrected chi connectivity index (χ3v) is 3.79. The molecule has 0 radical (unpaired) electrons. The van der Waals surface area contributed by atoms with Gasteiger partial charge >= 0.3 is 0 Å². The standard InChI is InChI=1S/C14H7BrF2N2O2/c15-7-4-9(17)11(5-8(7)16)19-13(20)6-2-1-3-10(18)12(6)14(19)21/h1-5H,18H2. The summed E-state index contributed by atoms with van der Waals surface area (Å²) in [4.78, 5) is 25.1. The first kappa shape index (κ1) is 13.7. The van der Waals surface area contributed by atoms with Crippen LogP contribution >= 0.6 is 15.9 Å². The Labute approximate surface area is 126 Å². The molecule has 0 aromatic heterocycles. The molecule has 106 valence electrons. The van der Waals surface area contributed by atoms with Gasteiger partial charge in [-0.2, -0.15) is 0 Å². The molecule has 3 rings (SSSR count). The van der Waals surface area contributed by atoms with Crippen LogP contribution in [0.25, 0.3) is 0 Å². The predicted molar refractivity (Wildman–Crippen MR) is 76.1 cm³/mol. The number of amides is 2. The molecule has 2 amide bonds. The number of hydrogen-bond acceptors (Lipinski definition) is 3. The maximum absolute atomic E-state index is 14.0. The molecular formula is C14H7BrF2N2O2. The van der Waals surface area contributed by atoms with Crippen molar-refractivity contribution in [2.24, 2.45) is 0 Å². The number of nitrogens with two attached hydrogens (primary N) is 1. The fourth-order valence-electron chi connectivity index (χ4n) is 2.21. The number of hydrogen-bond donors (Lipinski definition) is 1. The maximum Gasteiger partial charge on any atom is 0.268 e. The summed E-state index contributed by atoms with van der Waals surface area (Å²) in [6.45, 7) is 0. The number of benzene rings is 2. The van der Waals surface area contributed by atoms with Crippen LogP contribution in [0.2, 0.25) is 0 Å². The lowest BCUT2D eigenvalue weighted by Crippen LogP contribution is -2.30. The largest absolute Gasteiger partial charge is 0.398 e. The third kappa shape index (κ3) is 1.92. The first-order valence-corrected chi connectivity index (χ1v) is 6.63. The van der Waals surface area contributed by atoms with Crippen LogP contribution in [0.4, 0.5) is 20.2 Å². The molecule has 0 aliphatic carbocycles. The Morgan fingerprint density at radius 3 is 2.43 bits per heavy atom. The van der Waals surface area contributed by atoms with Crippen LogP contribution in [0.15, 0.2) is 34.8 Å². The normalized spacial score (nSPS) is 13.8. The number of nitrogens with zero attached hydrogens (tertiary/aromatic N) is 1. The van der Waals surface area contributed by atoms with Crippen LogP contribution < -0.4 is 10.6 Å². The number of carbonyl (C=O) groups is 2. The highest BCUT2D eigenvalue weighted by molar-refractivity contribution is 9.10. The molecule has 7 heteroatoms. The van der Waals surface area contributed by atoms with E-state index < -0.39 is 29.1 Å². The molecule has 1 heterocycles. The van der Waals surface area contributed by atoms with Gasteiger partial charge < -0.3 is 5.73 Å². The van der Waals surface area contributed by atoms with Crippen molar-refractivity contribution in [3.05, 3.63) is 57.6 Å². The monoisotopic (exact) mass is 352 g/mol. The van der Waals surface area contributed by atoms with Crippen molar-refractivity contribution in [2.45, 2.75) is 0 Å². The molecule has 0 fully saturated rings. The second-order valence-corrected chi connectivity index (χ2v) is 5.29. The van der Waals surface area contributed by atoms with Gasteiger partial charge in [-0.3, -0.25) is 9.59 Å². The molecule has 0 saturated heterocycles. The Kier molecular flexibility index (Phi) is 3.02. The molecule has 21 heavy (non-hydrogen) atoms. The zero-order chi connectivity index (χ0) is 15.3. The van der Waals surface area contributed by atoms with Crippen LogP contribution in [0.5, 0.6) is 0 Å². The van der Waals surface area contributed by atoms with Crippen molar-refractivity contribution < 1.29 is 18.4 Å². The fraction of sp³-hybridized carbons (Fsp3) is 0. The summed E-state index contributed by atoms with van der Waals surface area (Å²) in [5.41, 5.74) is 5.43. The number of rotatable bonds is 1. The zero-order valence-electron chi connectivity index (χ0n) is 10.4. The van der Waals surface area contributed by atoms with Crippen LogP contribution in [-0.2, 0) is 0 Å². The van der Waals surface area contributed by atoms with Crippen molar-refractivity contribution >= 4 is 39.1 Å². The van der Waals surface area contributed by atoms with Gasteiger partial charge in [0.25, 0.3) is 11.8 Å². The van der Waals surface area contributed by atoms with Gasteiger partial charge in [-0.05, 0) is 34.1 Å². The van der Waals surface area contributed by atoms with Crippen molar-refractivity contribution in [1.29, 1.82) is 0 Å². The molecule has 0 spiro atoms. The van der Waals surface area contributed by atoms with Gasteiger partial charge in [-0.15, -0.1) is 0 Å². The average Bonchev–Trinajstić information content (AvgIpc) is 2.68. The van der Waals surface area contributed by atoms with E-state index in [9.17, 15) is 18.4 Å². The van der Waals surface area contributed by atoms with E-state index in [1.807, 2.05) is 0 Å². The summed E-state index contributed by atoms with van der Waals surface area (Å²) in [7, 11) is 0. The van der Waals surface area contributed by atoms with E-state index in [2.05, 4.69) is 15.9 Å². The van der Waals surface area contributed by atoms with Gasteiger partial charge in [0.2, 0.25) is 0 Å². The molecule has 2 N–H and O–H groups in total. The summed E-state index contributed by atoms with van der Waals surface area (Å²) in [6.07, 6.45) is 0. The minimum atomic E-state index is -0.892. The Bertz CT molecular complexity index is 808. The van der Waals surface area contributed by atoms with Gasteiger partial charge in [-0.25, -0.2) is 13.7 Å². The zero-order valence-corrected chi connectivity index (χ0v) is 11.9. The highest BCUT2D eigenvalue weighted by Gasteiger charge is 2.39. The second-order valence-electron chi connectivity index (χ2n) is 4.43. The first-order chi connectivity index (χ1) is 9.91. The summed E-state index contributed by atoms with van der Waals surface area (Å²) in [5, 5.41) is 0. The van der Waals surface area contributed by atoms with Crippen LogP contribution in [0, 0.1) is 11.6 Å². The minimum absolute atomic E-state index is 0.00484.